The molecule has 0 bridgehead atoms. The number of nitrogens with zero attached hydrogens (tertiary/aromatic N) is 4. The van der Waals surface area contributed by atoms with Gasteiger partial charge in [-0.05, 0) is 24.3 Å². The van der Waals surface area contributed by atoms with E-state index in [0.29, 0.717) is 5.82 Å². The lowest BCUT2D eigenvalue weighted by Crippen LogP contribution is -1.96. The Kier molecular flexibility index (Phi) is 5.75. The Balaban J connectivity index is 1.31. The van der Waals surface area contributed by atoms with E-state index in [4.69, 9.17) is 19.9 Å². The SMILES string of the molecule is c1ccc(-c2ccc3ccc4ccc(-c5ccc6nc(-c7ccccc7)nc(-c7ccccc7)c6c5)nc4c3n2)cc1. The molecule has 0 saturated heterocycles. The number of pyridine rings is 2. The topological polar surface area (TPSA) is 51.6 Å². The minimum atomic E-state index is 0.713. The molecule has 42 heavy (non-hydrogen) atoms. The number of fused-ring (bicyclic) bond motifs is 4. The van der Waals surface area contributed by atoms with Gasteiger partial charge in [0.25, 0.3) is 0 Å². The predicted molar refractivity (Wildman–Crippen MR) is 172 cm³/mol. The molecule has 0 amide bonds. The zero-order valence-electron chi connectivity index (χ0n) is 22.6. The van der Waals surface area contributed by atoms with Crippen LogP contribution in [0.4, 0.5) is 0 Å². The predicted octanol–water partition coefficient (Wildman–Crippen LogP) is 9.39. The molecular weight excluding hydrogens is 512 g/mol. The van der Waals surface area contributed by atoms with Crippen LogP contribution in [0.1, 0.15) is 0 Å². The Morgan fingerprint density at radius 3 is 1.50 bits per heavy atom. The van der Waals surface area contributed by atoms with Crippen molar-refractivity contribution in [1.82, 2.24) is 19.9 Å². The van der Waals surface area contributed by atoms with Crippen LogP contribution in [0, 0.1) is 0 Å². The standard InChI is InChI=1S/C38H24N4/c1-4-10-25(11-5-1)32-21-18-27-16-17-28-19-22-33(40-37(28)36(27)39-32)30-20-23-34-31(24-30)35(26-12-6-2-7-13-26)42-38(41-34)29-14-8-3-9-15-29/h1-24H. The van der Waals surface area contributed by atoms with E-state index < -0.39 is 0 Å². The summed E-state index contributed by atoms with van der Waals surface area (Å²) < 4.78 is 0. The van der Waals surface area contributed by atoms with Crippen LogP contribution in [0.2, 0.25) is 0 Å². The van der Waals surface area contributed by atoms with Crippen LogP contribution in [0.3, 0.4) is 0 Å². The summed E-state index contributed by atoms with van der Waals surface area (Å²) in [6.07, 6.45) is 0. The number of benzene rings is 5. The van der Waals surface area contributed by atoms with Gasteiger partial charge in [-0.3, -0.25) is 0 Å². The molecule has 3 heterocycles. The largest absolute Gasteiger partial charge is 0.245 e. The van der Waals surface area contributed by atoms with Gasteiger partial charge in [-0.25, -0.2) is 19.9 Å². The van der Waals surface area contributed by atoms with E-state index in [2.05, 4.69) is 78.9 Å². The van der Waals surface area contributed by atoms with Crippen LogP contribution >= 0.6 is 0 Å². The first-order valence-electron chi connectivity index (χ1n) is 14.0. The van der Waals surface area contributed by atoms with Crippen LogP contribution in [0.15, 0.2) is 146 Å². The molecule has 0 saturated carbocycles. The fraction of sp³-hybridized carbons (Fsp3) is 0. The van der Waals surface area contributed by atoms with Crippen LogP contribution in [-0.4, -0.2) is 19.9 Å². The van der Waals surface area contributed by atoms with E-state index in [1.807, 2.05) is 66.7 Å². The summed E-state index contributed by atoms with van der Waals surface area (Å²) in [7, 11) is 0. The Morgan fingerprint density at radius 1 is 0.357 bits per heavy atom. The average molecular weight is 537 g/mol. The van der Waals surface area contributed by atoms with Crippen molar-refractivity contribution in [3.63, 3.8) is 0 Å². The highest BCUT2D eigenvalue weighted by Crippen LogP contribution is 2.33. The molecule has 4 heteroatoms. The second kappa shape index (κ2) is 10.0. The summed E-state index contributed by atoms with van der Waals surface area (Å²) >= 11 is 0. The van der Waals surface area contributed by atoms with E-state index in [9.17, 15) is 0 Å². The molecule has 0 aliphatic carbocycles. The summed E-state index contributed by atoms with van der Waals surface area (Å²) in [5, 5.41) is 3.12. The van der Waals surface area contributed by atoms with Crippen molar-refractivity contribution in [2.24, 2.45) is 0 Å². The van der Waals surface area contributed by atoms with Gasteiger partial charge >= 0.3 is 0 Å². The van der Waals surface area contributed by atoms with E-state index >= 15 is 0 Å². The fourth-order valence-electron chi connectivity index (χ4n) is 5.52. The van der Waals surface area contributed by atoms with Gasteiger partial charge < -0.3 is 0 Å². The molecule has 0 unspecified atom stereocenters. The maximum atomic E-state index is 5.18. The Bertz CT molecular complexity index is 2230. The van der Waals surface area contributed by atoms with E-state index in [1.165, 1.54) is 0 Å². The smallest absolute Gasteiger partial charge is 0.160 e. The van der Waals surface area contributed by atoms with Crippen molar-refractivity contribution in [1.29, 1.82) is 0 Å². The zero-order valence-corrected chi connectivity index (χ0v) is 22.6. The van der Waals surface area contributed by atoms with Gasteiger partial charge in [0.05, 0.1) is 33.6 Å². The molecule has 0 radical (unpaired) electrons. The van der Waals surface area contributed by atoms with Crippen molar-refractivity contribution >= 4 is 32.7 Å². The number of hydrogen-bond donors (Lipinski definition) is 0. The molecule has 3 aromatic heterocycles. The lowest BCUT2D eigenvalue weighted by molar-refractivity contribution is 1.23. The monoisotopic (exact) mass is 536 g/mol. The first kappa shape index (κ1) is 24.1. The quantitative estimate of drug-likeness (QED) is 0.210. The second-order valence-electron chi connectivity index (χ2n) is 10.3. The van der Waals surface area contributed by atoms with E-state index in [1.54, 1.807) is 0 Å². The number of hydrogen-bond acceptors (Lipinski definition) is 4. The minimum absolute atomic E-state index is 0.713. The number of aromatic nitrogens is 4. The van der Waals surface area contributed by atoms with Crippen LogP contribution in [-0.2, 0) is 0 Å². The van der Waals surface area contributed by atoms with Gasteiger partial charge in [0.2, 0.25) is 0 Å². The molecule has 0 fully saturated rings. The molecule has 0 aliphatic rings. The molecule has 8 aromatic rings. The Labute approximate surface area is 243 Å². The van der Waals surface area contributed by atoms with E-state index in [-0.39, 0.29) is 0 Å². The third kappa shape index (κ3) is 4.27. The summed E-state index contributed by atoms with van der Waals surface area (Å²) in [6.45, 7) is 0. The van der Waals surface area contributed by atoms with Crippen molar-refractivity contribution in [2.45, 2.75) is 0 Å². The van der Waals surface area contributed by atoms with E-state index in [0.717, 1.165) is 72.0 Å². The van der Waals surface area contributed by atoms with Crippen LogP contribution in [0.25, 0.3) is 77.9 Å². The minimum Gasteiger partial charge on any atom is -0.245 e. The first-order valence-corrected chi connectivity index (χ1v) is 14.0. The molecule has 0 N–H and O–H groups in total. The molecule has 0 aliphatic heterocycles. The van der Waals surface area contributed by atoms with Crippen molar-refractivity contribution in [3.05, 3.63) is 146 Å². The van der Waals surface area contributed by atoms with Crippen LogP contribution in [0.5, 0.6) is 0 Å². The molecule has 196 valence electrons. The summed E-state index contributed by atoms with van der Waals surface area (Å²) in [5.74, 6) is 0.713. The summed E-state index contributed by atoms with van der Waals surface area (Å²) in [6, 6.07) is 49.7. The first-order chi connectivity index (χ1) is 20.8. The van der Waals surface area contributed by atoms with Gasteiger partial charge in [0.1, 0.15) is 0 Å². The zero-order chi connectivity index (χ0) is 27.9. The molecule has 4 nitrogen and oxygen atoms in total. The Hall–Kier alpha value is -5.74. The maximum absolute atomic E-state index is 5.18. The highest BCUT2D eigenvalue weighted by molar-refractivity contribution is 6.04. The Morgan fingerprint density at radius 2 is 0.881 bits per heavy atom. The van der Waals surface area contributed by atoms with Crippen molar-refractivity contribution in [2.75, 3.05) is 0 Å². The average Bonchev–Trinajstić information content (AvgIpc) is 3.08. The van der Waals surface area contributed by atoms with Gasteiger partial charge in [-0.1, -0.05) is 121 Å². The van der Waals surface area contributed by atoms with Crippen molar-refractivity contribution in [3.8, 4) is 45.2 Å². The molecule has 0 spiro atoms. The molecule has 5 aromatic carbocycles. The maximum Gasteiger partial charge on any atom is 0.160 e. The molecule has 8 rings (SSSR count). The normalized spacial score (nSPS) is 11.3. The summed E-state index contributed by atoms with van der Waals surface area (Å²) in [5.41, 5.74) is 9.55. The second-order valence-corrected chi connectivity index (χ2v) is 10.3. The molecule has 0 atom stereocenters. The van der Waals surface area contributed by atoms with Crippen molar-refractivity contribution < 1.29 is 0 Å². The van der Waals surface area contributed by atoms with Gasteiger partial charge in [0.15, 0.2) is 5.82 Å². The third-order valence-electron chi connectivity index (χ3n) is 7.66. The highest BCUT2D eigenvalue weighted by Gasteiger charge is 2.14. The lowest BCUT2D eigenvalue weighted by Gasteiger charge is -2.12. The van der Waals surface area contributed by atoms with Crippen LogP contribution < -0.4 is 0 Å². The highest BCUT2D eigenvalue weighted by atomic mass is 14.9. The van der Waals surface area contributed by atoms with Gasteiger partial charge in [-0.2, -0.15) is 0 Å². The summed E-state index contributed by atoms with van der Waals surface area (Å²) in [4.78, 5) is 20.3. The fourth-order valence-corrected chi connectivity index (χ4v) is 5.52. The molecular formula is C38H24N4. The van der Waals surface area contributed by atoms with Gasteiger partial charge in [-0.15, -0.1) is 0 Å². The third-order valence-corrected chi connectivity index (χ3v) is 7.66. The van der Waals surface area contributed by atoms with Gasteiger partial charge in [0, 0.05) is 38.4 Å². The number of rotatable bonds is 4. The lowest BCUT2D eigenvalue weighted by atomic mass is 10.0.